The summed E-state index contributed by atoms with van der Waals surface area (Å²) in [4.78, 5) is 0. The molecule has 4 saturated carbocycles. The number of rotatable bonds is 1. The van der Waals surface area contributed by atoms with Crippen LogP contribution in [0, 0.1) is 34.5 Å². The van der Waals surface area contributed by atoms with Crippen molar-refractivity contribution in [3.63, 3.8) is 0 Å². The van der Waals surface area contributed by atoms with Crippen LogP contribution in [0.25, 0.3) is 0 Å². The van der Waals surface area contributed by atoms with Crippen molar-refractivity contribution in [3.8, 4) is 0 Å². The molecule has 0 aromatic carbocycles. The number of aliphatic hydroxyl groups is 3. The summed E-state index contributed by atoms with van der Waals surface area (Å²) in [5, 5.41) is 33.7. The molecule has 1 heterocycles. The van der Waals surface area contributed by atoms with Gasteiger partial charge in [-0.25, -0.2) is 0 Å². The van der Waals surface area contributed by atoms with Gasteiger partial charge in [-0.15, -0.1) is 0 Å². The Labute approximate surface area is 168 Å². The number of fused-ring (bicyclic) bond motifs is 5. The lowest BCUT2D eigenvalue weighted by molar-refractivity contribution is -0.307. The summed E-state index contributed by atoms with van der Waals surface area (Å²) >= 11 is 0. The molecule has 0 bridgehead atoms. The Kier molecular flexibility index (Phi) is 4.35. The van der Waals surface area contributed by atoms with E-state index in [0.29, 0.717) is 43.8 Å². The van der Waals surface area contributed by atoms with Gasteiger partial charge in [-0.3, -0.25) is 0 Å². The second-order valence-corrected chi connectivity index (χ2v) is 11.2. The molecule has 160 valence electrons. The van der Waals surface area contributed by atoms with Gasteiger partial charge in [0.25, 0.3) is 0 Å². The van der Waals surface area contributed by atoms with Gasteiger partial charge in [-0.2, -0.15) is 0 Å². The van der Waals surface area contributed by atoms with Crippen LogP contribution in [0.15, 0.2) is 0 Å². The average molecular weight is 395 g/mol. The van der Waals surface area contributed by atoms with Gasteiger partial charge in [0.15, 0.2) is 5.79 Å². The molecule has 0 aromatic rings. The number of aliphatic hydroxyl groups excluding tert-OH is 2. The molecule has 4 aliphatic carbocycles. The highest BCUT2D eigenvalue weighted by molar-refractivity contribution is 5.19. The molecule has 0 spiro atoms. The van der Waals surface area contributed by atoms with E-state index in [9.17, 15) is 15.3 Å². The normalized spacial score (nSPS) is 58.1. The van der Waals surface area contributed by atoms with Crippen molar-refractivity contribution < 1.29 is 24.8 Å². The topological polar surface area (TPSA) is 79.2 Å². The minimum Gasteiger partial charge on any atom is -0.393 e. The van der Waals surface area contributed by atoms with Gasteiger partial charge in [-0.05, 0) is 87.4 Å². The van der Waals surface area contributed by atoms with Crippen molar-refractivity contribution in [1.82, 2.24) is 0 Å². The highest BCUT2D eigenvalue weighted by atomic mass is 16.7. The molecule has 5 nitrogen and oxygen atoms in total. The van der Waals surface area contributed by atoms with Gasteiger partial charge in [0.1, 0.15) is 5.60 Å². The minimum absolute atomic E-state index is 0.105. The summed E-state index contributed by atoms with van der Waals surface area (Å²) in [5.74, 6) is 0.636. The zero-order chi connectivity index (χ0) is 19.9. The SMILES string of the molecule is CC1([C@@]2(O)CC[C@H]3[C@@H]4CC[C@@H]5C[C@H](O)CC[C@]5(C)[C@H]4[C@H](O)C[C@@]32C)OCCO1. The van der Waals surface area contributed by atoms with E-state index in [4.69, 9.17) is 9.47 Å². The average Bonchev–Trinajstić information content (AvgIpc) is 3.19. The maximum atomic E-state index is 11.9. The predicted octanol–water partition coefficient (Wildman–Crippen LogP) is 2.85. The van der Waals surface area contributed by atoms with Crippen molar-refractivity contribution in [1.29, 1.82) is 0 Å². The highest BCUT2D eigenvalue weighted by Crippen LogP contribution is 2.70. The summed E-state index contributed by atoms with van der Waals surface area (Å²) < 4.78 is 11.9. The molecule has 5 fully saturated rings. The first-order valence-corrected chi connectivity index (χ1v) is 11.5. The van der Waals surface area contributed by atoms with Crippen LogP contribution in [0.5, 0.6) is 0 Å². The lowest BCUT2D eigenvalue weighted by atomic mass is 9.43. The van der Waals surface area contributed by atoms with Crippen LogP contribution in [-0.2, 0) is 9.47 Å². The molecule has 0 radical (unpaired) electrons. The molecule has 28 heavy (non-hydrogen) atoms. The third-order valence-corrected chi connectivity index (χ3v) is 10.3. The predicted molar refractivity (Wildman–Crippen MR) is 104 cm³/mol. The van der Waals surface area contributed by atoms with Crippen LogP contribution in [0.4, 0.5) is 0 Å². The van der Waals surface area contributed by atoms with E-state index in [1.807, 2.05) is 6.92 Å². The van der Waals surface area contributed by atoms with Gasteiger partial charge in [-0.1, -0.05) is 13.8 Å². The van der Waals surface area contributed by atoms with Crippen LogP contribution in [0.3, 0.4) is 0 Å². The quantitative estimate of drug-likeness (QED) is 0.637. The fourth-order valence-electron chi connectivity index (χ4n) is 8.86. The summed E-state index contributed by atoms with van der Waals surface area (Å²) in [6, 6.07) is 0. The molecule has 5 aliphatic rings. The van der Waals surface area contributed by atoms with Crippen LogP contribution < -0.4 is 0 Å². The fraction of sp³-hybridized carbons (Fsp3) is 1.00. The van der Waals surface area contributed by atoms with Crippen molar-refractivity contribution in [2.75, 3.05) is 13.2 Å². The largest absolute Gasteiger partial charge is 0.393 e. The van der Waals surface area contributed by atoms with E-state index in [-0.39, 0.29) is 17.4 Å². The monoisotopic (exact) mass is 394 g/mol. The Morgan fingerprint density at radius 2 is 1.61 bits per heavy atom. The van der Waals surface area contributed by atoms with Crippen LogP contribution in [-0.4, -0.2) is 52.1 Å². The van der Waals surface area contributed by atoms with Crippen LogP contribution in [0.1, 0.15) is 72.1 Å². The molecule has 9 atom stereocenters. The smallest absolute Gasteiger partial charge is 0.195 e. The fourth-order valence-corrected chi connectivity index (χ4v) is 8.86. The van der Waals surface area contributed by atoms with Gasteiger partial charge in [0.2, 0.25) is 0 Å². The second kappa shape index (κ2) is 6.16. The third kappa shape index (κ3) is 2.31. The van der Waals surface area contributed by atoms with Gasteiger partial charge >= 0.3 is 0 Å². The Bertz CT molecular complexity index is 632. The Hall–Kier alpha value is -0.200. The Balaban J connectivity index is 1.50. The first kappa shape index (κ1) is 19.7. The van der Waals surface area contributed by atoms with Gasteiger partial charge < -0.3 is 24.8 Å². The first-order chi connectivity index (χ1) is 13.1. The molecule has 5 heteroatoms. The van der Waals surface area contributed by atoms with Crippen molar-refractivity contribution in [2.24, 2.45) is 34.5 Å². The van der Waals surface area contributed by atoms with Crippen molar-refractivity contribution in [3.05, 3.63) is 0 Å². The molecule has 0 aromatic heterocycles. The van der Waals surface area contributed by atoms with Gasteiger partial charge in [0.05, 0.1) is 25.4 Å². The molecule has 3 N–H and O–H groups in total. The van der Waals surface area contributed by atoms with Gasteiger partial charge in [0, 0.05) is 5.41 Å². The van der Waals surface area contributed by atoms with E-state index < -0.39 is 22.9 Å². The maximum Gasteiger partial charge on any atom is 0.195 e. The summed E-state index contributed by atoms with van der Waals surface area (Å²) in [6.45, 7) is 7.50. The molecular weight excluding hydrogens is 356 g/mol. The summed E-state index contributed by atoms with van der Waals surface area (Å²) in [6.07, 6.45) is 6.67. The Morgan fingerprint density at radius 3 is 2.32 bits per heavy atom. The number of ether oxygens (including phenoxy) is 2. The number of hydrogen-bond donors (Lipinski definition) is 3. The Morgan fingerprint density at radius 1 is 0.893 bits per heavy atom. The van der Waals surface area contributed by atoms with Crippen LogP contribution >= 0.6 is 0 Å². The maximum absolute atomic E-state index is 11.9. The summed E-state index contributed by atoms with van der Waals surface area (Å²) in [7, 11) is 0. The summed E-state index contributed by atoms with van der Waals surface area (Å²) in [5.41, 5.74) is -1.36. The second-order valence-electron chi connectivity index (χ2n) is 11.2. The highest BCUT2D eigenvalue weighted by Gasteiger charge is 2.72. The van der Waals surface area contributed by atoms with Crippen LogP contribution in [0.2, 0.25) is 0 Å². The first-order valence-electron chi connectivity index (χ1n) is 11.5. The molecule has 1 aliphatic heterocycles. The third-order valence-electron chi connectivity index (χ3n) is 10.3. The lowest BCUT2D eigenvalue weighted by Crippen LogP contribution is -2.66. The van der Waals surface area contributed by atoms with Crippen molar-refractivity contribution in [2.45, 2.75) is 95.7 Å². The standard InChI is InChI=1S/C23H38O5/c1-20-8-6-15(24)12-14(20)4-5-16-17-7-9-23(26,22(3)27-10-11-28-22)21(17,2)13-18(25)19(16)20/h14-19,24-26H,4-13H2,1-3H3/t14-,15-,16+,17+,18-,19-,20+,21+,23-/m1/s1. The molecular formula is C23H38O5. The zero-order valence-electron chi connectivity index (χ0n) is 17.7. The molecule has 0 amide bonds. The van der Waals surface area contributed by atoms with E-state index in [1.165, 1.54) is 0 Å². The number of hydrogen-bond acceptors (Lipinski definition) is 5. The van der Waals surface area contributed by atoms with E-state index >= 15 is 0 Å². The molecule has 1 saturated heterocycles. The minimum atomic E-state index is -1.06. The molecule has 5 rings (SSSR count). The lowest BCUT2D eigenvalue weighted by Gasteiger charge is -2.63. The van der Waals surface area contributed by atoms with Crippen molar-refractivity contribution >= 4 is 0 Å². The van der Waals surface area contributed by atoms with E-state index in [0.717, 1.165) is 38.5 Å². The van der Waals surface area contributed by atoms with E-state index in [1.54, 1.807) is 0 Å². The van der Waals surface area contributed by atoms with E-state index in [2.05, 4.69) is 13.8 Å². The molecule has 0 unspecified atom stereocenters. The zero-order valence-corrected chi connectivity index (χ0v) is 17.7.